The number of hydrogen-bond donors (Lipinski definition) is 1. The van der Waals surface area contributed by atoms with E-state index in [2.05, 4.69) is 35.1 Å². The minimum atomic E-state index is 0.154. The van der Waals surface area contributed by atoms with E-state index in [9.17, 15) is 4.79 Å². The van der Waals surface area contributed by atoms with Gasteiger partial charge in [0.25, 0.3) is 0 Å². The molecule has 0 saturated carbocycles. The van der Waals surface area contributed by atoms with E-state index in [0.29, 0.717) is 13.1 Å². The Morgan fingerprint density at radius 3 is 2.43 bits per heavy atom. The molecule has 158 valence electrons. The molecular formula is C20H27N9O. The molecule has 0 spiro atoms. The van der Waals surface area contributed by atoms with Gasteiger partial charge in [-0.05, 0) is 19.0 Å². The van der Waals surface area contributed by atoms with Crippen molar-refractivity contribution in [3.8, 4) is 0 Å². The zero-order chi connectivity index (χ0) is 20.5. The van der Waals surface area contributed by atoms with E-state index in [1.54, 1.807) is 18.7 Å². The van der Waals surface area contributed by atoms with Crippen LogP contribution in [0.5, 0.6) is 0 Å². The summed E-state index contributed by atoms with van der Waals surface area (Å²) in [5, 5.41) is 3.38. The molecule has 30 heavy (non-hydrogen) atoms. The van der Waals surface area contributed by atoms with E-state index in [1.807, 2.05) is 22.9 Å². The molecule has 0 radical (unpaired) electrons. The molecule has 1 N–H and O–H groups in total. The number of aromatic nitrogens is 4. The maximum absolute atomic E-state index is 12.9. The number of anilines is 3. The monoisotopic (exact) mass is 409 g/mol. The molecule has 2 aromatic rings. The Labute approximate surface area is 175 Å². The van der Waals surface area contributed by atoms with Crippen molar-refractivity contribution in [3.63, 3.8) is 0 Å². The second-order valence-corrected chi connectivity index (χ2v) is 8.05. The molecule has 0 aliphatic carbocycles. The van der Waals surface area contributed by atoms with Gasteiger partial charge in [0.1, 0.15) is 18.0 Å². The lowest BCUT2D eigenvalue weighted by atomic mass is 10.1. The Balaban J connectivity index is 1.40. The number of piperazine rings is 1. The van der Waals surface area contributed by atoms with Crippen LogP contribution in [0.3, 0.4) is 0 Å². The molecule has 0 bridgehead atoms. The molecule has 10 heteroatoms. The maximum atomic E-state index is 12.9. The standard InChI is InChI=1S/C20H27N9O/c1-26-13-17(30)29(15-3-6-21-11-15)12-16-18(26)24-14-25-19(16)27-7-9-28(10-8-27)20-22-4-2-5-23-20/h2,4-5,14-15,21H,3,6-13H2,1H3. The first kappa shape index (κ1) is 19.0. The van der Waals surface area contributed by atoms with Gasteiger partial charge in [-0.2, -0.15) is 0 Å². The molecule has 2 aromatic heterocycles. The molecule has 1 amide bonds. The van der Waals surface area contributed by atoms with E-state index in [4.69, 9.17) is 0 Å². The van der Waals surface area contributed by atoms with Crippen LogP contribution in [0.1, 0.15) is 12.0 Å². The summed E-state index contributed by atoms with van der Waals surface area (Å²) in [5.74, 6) is 2.71. The van der Waals surface area contributed by atoms with Crippen molar-refractivity contribution in [3.05, 3.63) is 30.4 Å². The van der Waals surface area contributed by atoms with Crippen LogP contribution in [-0.4, -0.2) is 89.6 Å². The van der Waals surface area contributed by atoms with E-state index in [1.165, 1.54) is 0 Å². The number of likely N-dealkylation sites (N-methyl/N-ethyl adjacent to an activating group) is 1. The fourth-order valence-electron chi connectivity index (χ4n) is 4.58. The number of nitrogens with one attached hydrogen (secondary N) is 1. The predicted octanol–water partition coefficient (Wildman–Crippen LogP) is -0.266. The Morgan fingerprint density at radius 1 is 0.967 bits per heavy atom. The van der Waals surface area contributed by atoms with Gasteiger partial charge in [-0.1, -0.05) is 0 Å². The summed E-state index contributed by atoms with van der Waals surface area (Å²) >= 11 is 0. The summed E-state index contributed by atoms with van der Waals surface area (Å²) in [6.07, 6.45) is 6.16. The first-order chi connectivity index (χ1) is 14.7. The van der Waals surface area contributed by atoms with Gasteiger partial charge >= 0.3 is 0 Å². The quantitative estimate of drug-likeness (QED) is 0.735. The van der Waals surface area contributed by atoms with Crippen LogP contribution >= 0.6 is 0 Å². The van der Waals surface area contributed by atoms with E-state index in [-0.39, 0.29) is 11.9 Å². The predicted molar refractivity (Wildman–Crippen MR) is 114 cm³/mol. The van der Waals surface area contributed by atoms with Gasteiger partial charge in [-0.15, -0.1) is 0 Å². The van der Waals surface area contributed by atoms with Crippen molar-refractivity contribution in [2.75, 3.05) is 67.6 Å². The van der Waals surface area contributed by atoms with Gasteiger partial charge in [-0.3, -0.25) is 4.79 Å². The highest BCUT2D eigenvalue weighted by Gasteiger charge is 2.34. The van der Waals surface area contributed by atoms with E-state index < -0.39 is 0 Å². The first-order valence-electron chi connectivity index (χ1n) is 10.5. The van der Waals surface area contributed by atoms with E-state index in [0.717, 1.165) is 68.8 Å². The van der Waals surface area contributed by atoms with Crippen molar-refractivity contribution in [2.24, 2.45) is 0 Å². The first-order valence-corrected chi connectivity index (χ1v) is 10.5. The molecule has 0 aromatic carbocycles. The third-order valence-corrected chi connectivity index (χ3v) is 6.17. The van der Waals surface area contributed by atoms with Gasteiger partial charge in [0, 0.05) is 58.2 Å². The van der Waals surface area contributed by atoms with Crippen LogP contribution in [0.15, 0.2) is 24.8 Å². The van der Waals surface area contributed by atoms with Crippen LogP contribution in [0.4, 0.5) is 17.6 Å². The number of rotatable bonds is 3. The fraction of sp³-hybridized carbons (Fsp3) is 0.550. The van der Waals surface area contributed by atoms with Crippen molar-refractivity contribution < 1.29 is 4.79 Å². The molecule has 5 rings (SSSR count). The third kappa shape index (κ3) is 3.51. The molecular weight excluding hydrogens is 382 g/mol. The number of carbonyl (C=O) groups excluding carboxylic acids is 1. The second-order valence-electron chi connectivity index (χ2n) is 8.05. The highest BCUT2D eigenvalue weighted by molar-refractivity contribution is 5.84. The summed E-state index contributed by atoms with van der Waals surface area (Å²) < 4.78 is 0. The Kier molecular flexibility index (Phi) is 5.07. The molecule has 2 saturated heterocycles. The summed E-state index contributed by atoms with van der Waals surface area (Å²) in [4.78, 5) is 39.3. The topological polar surface area (TPSA) is 93.6 Å². The Hall–Kier alpha value is -3.01. The lowest BCUT2D eigenvalue weighted by molar-refractivity contribution is -0.132. The smallest absolute Gasteiger partial charge is 0.242 e. The summed E-state index contributed by atoms with van der Waals surface area (Å²) in [5.41, 5.74) is 1.04. The average molecular weight is 409 g/mol. The number of nitrogens with zero attached hydrogens (tertiary/aromatic N) is 8. The number of carbonyl (C=O) groups is 1. The van der Waals surface area contributed by atoms with Crippen LogP contribution in [0.25, 0.3) is 0 Å². The van der Waals surface area contributed by atoms with Gasteiger partial charge in [0.05, 0.1) is 18.7 Å². The molecule has 5 heterocycles. The van der Waals surface area contributed by atoms with Crippen LogP contribution in [-0.2, 0) is 11.3 Å². The van der Waals surface area contributed by atoms with Crippen LogP contribution in [0, 0.1) is 0 Å². The molecule has 3 aliphatic rings. The highest BCUT2D eigenvalue weighted by atomic mass is 16.2. The van der Waals surface area contributed by atoms with Gasteiger partial charge in [0.2, 0.25) is 11.9 Å². The fourth-order valence-corrected chi connectivity index (χ4v) is 4.58. The summed E-state index contributed by atoms with van der Waals surface area (Å²) in [6, 6.07) is 2.07. The number of amides is 1. The normalized spacial score (nSPS) is 22.3. The van der Waals surface area contributed by atoms with Gasteiger partial charge in [-0.25, -0.2) is 19.9 Å². The average Bonchev–Trinajstić information content (AvgIpc) is 3.28. The lowest BCUT2D eigenvalue weighted by Gasteiger charge is -2.36. The third-order valence-electron chi connectivity index (χ3n) is 6.17. The highest BCUT2D eigenvalue weighted by Crippen LogP contribution is 2.31. The maximum Gasteiger partial charge on any atom is 0.242 e. The number of fused-ring (bicyclic) bond motifs is 1. The molecule has 10 nitrogen and oxygen atoms in total. The zero-order valence-corrected chi connectivity index (χ0v) is 17.2. The van der Waals surface area contributed by atoms with Crippen LogP contribution in [0.2, 0.25) is 0 Å². The molecule has 2 fully saturated rings. The minimum absolute atomic E-state index is 0.154. The van der Waals surface area contributed by atoms with E-state index >= 15 is 0 Å². The van der Waals surface area contributed by atoms with Crippen molar-refractivity contribution in [1.82, 2.24) is 30.2 Å². The Bertz CT molecular complexity index is 894. The lowest BCUT2D eigenvalue weighted by Crippen LogP contribution is -2.48. The number of hydrogen-bond acceptors (Lipinski definition) is 9. The molecule has 1 atom stereocenters. The van der Waals surface area contributed by atoms with Crippen LogP contribution < -0.4 is 20.0 Å². The SMILES string of the molecule is CN1CC(=O)N(C2CCNC2)Cc2c1ncnc2N1CCN(c2ncccn2)CC1. The van der Waals surface area contributed by atoms with Gasteiger partial charge in [0.15, 0.2) is 0 Å². The van der Waals surface area contributed by atoms with Crippen molar-refractivity contribution in [2.45, 2.75) is 19.0 Å². The molecule has 1 unspecified atom stereocenters. The summed E-state index contributed by atoms with van der Waals surface area (Å²) in [7, 11) is 1.94. The van der Waals surface area contributed by atoms with Gasteiger partial charge < -0.3 is 24.9 Å². The molecule has 3 aliphatic heterocycles. The largest absolute Gasteiger partial charge is 0.353 e. The zero-order valence-electron chi connectivity index (χ0n) is 17.2. The second kappa shape index (κ2) is 8.02. The van der Waals surface area contributed by atoms with Crippen molar-refractivity contribution >= 4 is 23.5 Å². The van der Waals surface area contributed by atoms with Crippen molar-refractivity contribution in [1.29, 1.82) is 0 Å². The minimum Gasteiger partial charge on any atom is -0.353 e. The summed E-state index contributed by atoms with van der Waals surface area (Å²) in [6.45, 7) is 6.01. The Morgan fingerprint density at radius 2 is 1.70 bits per heavy atom.